The third-order valence-corrected chi connectivity index (χ3v) is 8.69. The van der Waals surface area contributed by atoms with E-state index in [9.17, 15) is 0 Å². The van der Waals surface area contributed by atoms with E-state index < -0.39 is 0 Å². The van der Waals surface area contributed by atoms with Crippen LogP contribution in [0.15, 0.2) is 108 Å². The molecular formula is C35H29N3O+2. The van der Waals surface area contributed by atoms with E-state index in [4.69, 9.17) is 4.42 Å². The Morgan fingerprint density at radius 3 is 2.77 bits per heavy atom. The van der Waals surface area contributed by atoms with Crippen molar-refractivity contribution in [3.8, 4) is 22.5 Å². The van der Waals surface area contributed by atoms with E-state index in [0.717, 1.165) is 58.3 Å². The molecule has 2 aromatic carbocycles. The topological polar surface area (TPSA) is 33.8 Å². The lowest BCUT2D eigenvalue weighted by Gasteiger charge is -2.31. The molecule has 39 heavy (non-hydrogen) atoms. The van der Waals surface area contributed by atoms with Gasteiger partial charge in [0.15, 0.2) is 35.3 Å². The fourth-order valence-electron chi connectivity index (χ4n) is 6.94. The molecule has 0 saturated heterocycles. The van der Waals surface area contributed by atoms with Crippen LogP contribution in [-0.4, -0.2) is 4.98 Å². The number of pyridine rings is 3. The van der Waals surface area contributed by atoms with Gasteiger partial charge in [-0.15, -0.1) is 0 Å². The number of aryl methyl sites for hydroxylation is 2. The van der Waals surface area contributed by atoms with Crippen LogP contribution >= 0.6 is 0 Å². The maximum atomic E-state index is 6.52. The van der Waals surface area contributed by atoms with E-state index in [1.807, 2.05) is 18.3 Å². The van der Waals surface area contributed by atoms with E-state index in [2.05, 4.69) is 107 Å². The highest BCUT2D eigenvalue weighted by atomic mass is 16.3. The molecule has 0 saturated carbocycles. The molecule has 188 valence electrons. The van der Waals surface area contributed by atoms with Gasteiger partial charge in [0.25, 0.3) is 0 Å². The Labute approximate surface area is 227 Å². The lowest BCUT2D eigenvalue weighted by Crippen LogP contribution is -2.49. The Morgan fingerprint density at radius 2 is 1.82 bits per heavy atom. The number of rotatable bonds is 0. The Bertz CT molecular complexity index is 1950. The Hall–Kier alpha value is -4.57. The summed E-state index contributed by atoms with van der Waals surface area (Å²) in [6.07, 6.45) is 9.17. The minimum atomic E-state index is 0.281. The van der Waals surface area contributed by atoms with Gasteiger partial charge in [0, 0.05) is 46.8 Å². The predicted octanol–water partition coefficient (Wildman–Crippen LogP) is 7.34. The molecule has 2 aliphatic rings. The number of furan rings is 1. The summed E-state index contributed by atoms with van der Waals surface area (Å²) in [5, 5.41) is 1.06. The van der Waals surface area contributed by atoms with E-state index >= 15 is 0 Å². The van der Waals surface area contributed by atoms with Crippen LogP contribution in [0.1, 0.15) is 41.5 Å². The molecular weight excluding hydrogens is 478 g/mol. The Balaban J connectivity index is 1.38. The molecule has 6 aromatic rings. The second kappa shape index (κ2) is 8.47. The number of hydrogen-bond acceptors (Lipinski definition) is 2. The van der Waals surface area contributed by atoms with Gasteiger partial charge in [-0.25, -0.2) is 0 Å². The second-order valence-electron chi connectivity index (χ2n) is 11.0. The lowest BCUT2D eigenvalue weighted by molar-refractivity contribution is -0.720. The fraction of sp³-hybridized carbons (Fsp3) is 0.171. The van der Waals surface area contributed by atoms with Crippen molar-refractivity contribution in [1.29, 1.82) is 0 Å². The molecule has 2 aliphatic heterocycles. The number of nitrogens with zero attached hydrogens (tertiary/aromatic N) is 3. The average Bonchev–Trinajstić information content (AvgIpc) is 3.35. The largest absolute Gasteiger partial charge is 0.453 e. The van der Waals surface area contributed by atoms with Crippen molar-refractivity contribution in [3.05, 3.63) is 121 Å². The monoisotopic (exact) mass is 507 g/mol. The van der Waals surface area contributed by atoms with Gasteiger partial charge in [-0.3, -0.25) is 4.98 Å². The minimum Gasteiger partial charge on any atom is -0.453 e. The zero-order valence-corrected chi connectivity index (χ0v) is 22.0. The smallest absolute Gasteiger partial charge is 0.222 e. The third-order valence-electron chi connectivity index (χ3n) is 8.69. The molecule has 4 aromatic heterocycles. The number of hydrogen-bond donors (Lipinski definition) is 0. The molecule has 0 fully saturated rings. The highest BCUT2D eigenvalue weighted by Crippen LogP contribution is 2.45. The summed E-state index contributed by atoms with van der Waals surface area (Å²) in [7, 11) is 0. The van der Waals surface area contributed by atoms with Crippen molar-refractivity contribution in [2.45, 2.75) is 38.1 Å². The maximum absolute atomic E-state index is 6.52. The molecule has 2 atom stereocenters. The maximum Gasteiger partial charge on any atom is 0.222 e. The van der Waals surface area contributed by atoms with E-state index in [1.54, 1.807) is 0 Å². The SMILES string of the molecule is C=C1CC2C(CCc3ccc4c(oc5cccnc54)c3-c3cccc[n+]31)c1ccccc1-c1ccc(C)c[n+]12. The van der Waals surface area contributed by atoms with Crippen molar-refractivity contribution in [3.63, 3.8) is 0 Å². The summed E-state index contributed by atoms with van der Waals surface area (Å²) in [5.41, 5.74) is 12.6. The van der Waals surface area contributed by atoms with Crippen molar-refractivity contribution in [1.82, 2.24) is 4.98 Å². The van der Waals surface area contributed by atoms with E-state index in [0.29, 0.717) is 5.92 Å². The van der Waals surface area contributed by atoms with Gasteiger partial charge < -0.3 is 4.42 Å². The summed E-state index contributed by atoms with van der Waals surface area (Å²) >= 11 is 0. The van der Waals surface area contributed by atoms with Gasteiger partial charge in [-0.05, 0) is 73.9 Å². The van der Waals surface area contributed by atoms with Gasteiger partial charge >= 0.3 is 0 Å². The Morgan fingerprint density at radius 1 is 0.923 bits per heavy atom. The number of allylic oxidation sites excluding steroid dienone is 1. The number of fused-ring (bicyclic) bond motifs is 13. The van der Waals surface area contributed by atoms with Crippen LogP contribution in [-0.2, 0) is 6.42 Å². The van der Waals surface area contributed by atoms with Crippen LogP contribution in [0.2, 0.25) is 0 Å². The molecule has 0 amide bonds. The zero-order valence-electron chi connectivity index (χ0n) is 22.0. The molecule has 0 aliphatic carbocycles. The highest BCUT2D eigenvalue weighted by molar-refractivity contribution is 6.07. The highest BCUT2D eigenvalue weighted by Gasteiger charge is 2.42. The van der Waals surface area contributed by atoms with Crippen molar-refractivity contribution < 1.29 is 13.6 Å². The van der Waals surface area contributed by atoms with Crippen molar-refractivity contribution in [2.24, 2.45) is 0 Å². The van der Waals surface area contributed by atoms with E-state index in [1.165, 1.54) is 27.9 Å². The molecule has 0 bridgehead atoms. The van der Waals surface area contributed by atoms with Crippen molar-refractivity contribution in [2.75, 3.05) is 0 Å². The molecule has 4 heteroatoms. The lowest BCUT2D eigenvalue weighted by atomic mass is 9.77. The summed E-state index contributed by atoms with van der Waals surface area (Å²) in [6, 6.07) is 28.6. The standard InChI is InChI=1S/C35H29N3O/c1-22-12-17-29-26-9-4-3-8-25(26)27-15-13-24-14-16-28-34-32(11-7-18-36-34)39-35(28)33(24)30-10-5-6-19-37(30)23(2)20-31(27)38(29)21-22/h3-12,14,16-19,21,27,31H,2,13,15,20H2,1H3/q+2. The number of benzene rings is 2. The van der Waals surface area contributed by atoms with Gasteiger partial charge in [-0.2, -0.15) is 9.13 Å². The first-order valence-electron chi connectivity index (χ1n) is 13.8. The van der Waals surface area contributed by atoms with Crippen LogP contribution in [0, 0.1) is 6.92 Å². The quantitative estimate of drug-likeness (QED) is 0.202. The third kappa shape index (κ3) is 3.34. The molecule has 0 N–H and O–H groups in total. The van der Waals surface area contributed by atoms with Crippen LogP contribution in [0.4, 0.5) is 0 Å². The van der Waals surface area contributed by atoms with Gasteiger partial charge in [0.05, 0.1) is 12.0 Å². The Kier molecular flexibility index (Phi) is 4.87. The summed E-state index contributed by atoms with van der Waals surface area (Å²) in [6.45, 7) is 6.86. The van der Waals surface area contributed by atoms with Gasteiger partial charge in [0.2, 0.25) is 11.4 Å². The van der Waals surface area contributed by atoms with Crippen LogP contribution < -0.4 is 9.13 Å². The molecule has 6 heterocycles. The van der Waals surface area contributed by atoms with Gasteiger partial charge in [0.1, 0.15) is 5.52 Å². The van der Waals surface area contributed by atoms with Crippen LogP contribution in [0.25, 0.3) is 50.3 Å². The second-order valence-corrected chi connectivity index (χ2v) is 11.0. The fourth-order valence-corrected chi connectivity index (χ4v) is 6.94. The summed E-state index contributed by atoms with van der Waals surface area (Å²) in [4.78, 5) is 4.65. The first-order chi connectivity index (χ1) is 19.2. The molecule has 8 rings (SSSR count). The number of aromatic nitrogens is 3. The first-order valence-corrected chi connectivity index (χ1v) is 13.8. The minimum absolute atomic E-state index is 0.281. The normalized spacial score (nSPS) is 18.1. The zero-order chi connectivity index (χ0) is 26.1. The van der Waals surface area contributed by atoms with Gasteiger partial charge in [-0.1, -0.05) is 24.3 Å². The molecule has 4 nitrogen and oxygen atoms in total. The van der Waals surface area contributed by atoms with Crippen LogP contribution in [0.3, 0.4) is 0 Å². The van der Waals surface area contributed by atoms with Crippen LogP contribution in [0.5, 0.6) is 0 Å². The molecule has 2 unspecified atom stereocenters. The average molecular weight is 508 g/mol. The predicted molar refractivity (Wildman–Crippen MR) is 154 cm³/mol. The van der Waals surface area contributed by atoms with Crippen molar-refractivity contribution >= 4 is 27.8 Å². The van der Waals surface area contributed by atoms with E-state index in [-0.39, 0.29) is 6.04 Å². The first kappa shape index (κ1) is 22.4. The summed E-state index contributed by atoms with van der Waals surface area (Å²) < 4.78 is 11.3. The molecule has 0 radical (unpaired) electrons. The molecule has 0 spiro atoms. The summed E-state index contributed by atoms with van der Waals surface area (Å²) in [5.74, 6) is 0.365.